The first-order chi connectivity index (χ1) is 5.68. The van der Waals surface area contributed by atoms with Crippen molar-refractivity contribution in [1.29, 1.82) is 0 Å². The lowest BCUT2D eigenvalue weighted by Gasteiger charge is -2.24. The van der Waals surface area contributed by atoms with Gasteiger partial charge in [0.25, 0.3) is 10.2 Å². The molecule has 0 aromatic rings. The minimum Gasteiger partial charge on any atom is -0.329 e. The fourth-order valence-corrected chi connectivity index (χ4v) is 2.24. The molecule has 4 N–H and O–H groups in total. The topological polar surface area (TPSA) is 84.2 Å². The van der Waals surface area contributed by atoms with Gasteiger partial charge in [0.2, 0.25) is 0 Å². The van der Waals surface area contributed by atoms with E-state index in [1.807, 2.05) is 0 Å². The quantitative estimate of drug-likeness (QED) is 0.637. The van der Waals surface area contributed by atoms with Gasteiger partial charge in [0.05, 0.1) is 0 Å². The van der Waals surface area contributed by atoms with E-state index in [4.69, 9.17) is 5.73 Å². The van der Waals surface area contributed by atoms with Gasteiger partial charge in [-0.05, 0) is 27.7 Å². The number of nitrogens with one attached hydrogen (secondary N) is 2. The monoisotopic (exact) mass is 245 g/mol. The van der Waals surface area contributed by atoms with Gasteiger partial charge in [-0.2, -0.15) is 17.9 Å². The van der Waals surface area contributed by atoms with Crippen LogP contribution in [0.3, 0.4) is 0 Å². The first kappa shape index (κ1) is 16.5. The molecule has 0 rings (SSSR count). The van der Waals surface area contributed by atoms with E-state index in [0.717, 1.165) is 0 Å². The van der Waals surface area contributed by atoms with Crippen molar-refractivity contribution in [2.24, 2.45) is 5.73 Å². The van der Waals surface area contributed by atoms with E-state index in [1.54, 1.807) is 27.7 Å². The lowest BCUT2D eigenvalue weighted by molar-refractivity contribution is 0.454. The summed E-state index contributed by atoms with van der Waals surface area (Å²) in [6, 6.07) is -0.119. The van der Waals surface area contributed by atoms with Crippen molar-refractivity contribution in [3.63, 3.8) is 0 Å². The average molecular weight is 246 g/mol. The summed E-state index contributed by atoms with van der Waals surface area (Å²) >= 11 is 0. The minimum absolute atomic E-state index is 0. The lowest BCUT2D eigenvalue weighted by Crippen LogP contribution is -2.53. The maximum absolute atomic E-state index is 11.3. The molecule has 0 radical (unpaired) electrons. The molecule has 7 heteroatoms. The van der Waals surface area contributed by atoms with Gasteiger partial charge in [-0.15, -0.1) is 12.4 Å². The third kappa shape index (κ3) is 7.52. The number of rotatable bonds is 5. The van der Waals surface area contributed by atoms with Gasteiger partial charge in [0, 0.05) is 18.1 Å². The van der Waals surface area contributed by atoms with Crippen molar-refractivity contribution in [2.45, 2.75) is 39.3 Å². The van der Waals surface area contributed by atoms with Crippen LogP contribution in [0, 0.1) is 0 Å². The van der Waals surface area contributed by atoms with E-state index in [-0.39, 0.29) is 25.0 Å². The van der Waals surface area contributed by atoms with Crippen LogP contribution in [0.5, 0.6) is 0 Å². The maximum atomic E-state index is 11.3. The Labute approximate surface area is 92.4 Å². The molecule has 0 spiro atoms. The molecule has 88 valence electrons. The summed E-state index contributed by atoms with van der Waals surface area (Å²) in [4.78, 5) is 0. The maximum Gasteiger partial charge on any atom is 0.277 e. The third-order valence-corrected chi connectivity index (χ3v) is 2.91. The Bertz CT molecular complexity index is 252. The van der Waals surface area contributed by atoms with Crippen molar-refractivity contribution in [2.75, 3.05) is 6.54 Å². The highest BCUT2D eigenvalue weighted by Gasteiger charge is 2.23. The molecule has 0 saturated heterocycles. The molecule has 0 atom stereocenters. The summed E-state index contributed by atoms with van der Waals surface area (Å²) in [7, 11) is -3.43. The molecule has 0 amide bonds. The van der Waals surface area contributed by atoms with Crippen LogP contribution >= 0.6 is 12.4 Å². The summed E-state index contributed by atoms with van der Waals surface area (Å²) < 4.78 is 27.5. The van der Waals surface area contributed by atoms with Crippen molar-refractivity contribution >= 4 is 22.6 Å². The predicted octanol–water partition coefficient (Wildman–Crippen LogP) is -0.0221. The second-order valence-electron chi connectivity index (χ2n) is 3.97. The highest BCUT2D eigenvalue weighted by atomic mass is 35.5. The van der Waals surface area contributed by atoms with Crippen LogP contribution in [0.15, 0.2) is 0 Å². The van der Waals surface area contributed by atoms with Gasteiger partial charge in [-0.25, -0.2) is 0 Å². The smallest absolute Gasteiger partial charge is 0.277 e. The van der Waals surface area contributed by atoms with Gasteiger partial charge in [0.1, 0.15) is 0 Å². The largest absolute Gasteiger partial charge is 0.329 e. The predicted molar refractivity (Wildman–Crippen MR) is 60.7 cm³/mol. The Morgan fingerprint density at radius 2 is 1.79 bits per heavy atom. The van der Waals surface area contributed by atoms with Gasteiger partial charge in [-0.1, -0.05) is 0 Å². The molecule has 0 fully saturated rings. The van der Waals surface area contributed by atoms with E-state index in [2.05, 4.69) is 9.44 Å². The van der Waals surface area contributed by atoms with Crippen LogP contribution in [0.25, 0.3) is 0 Å². The van der Waals surface area contributed by atoms with E-state index < -0.39 is 15.7 Å². The van der Waals surface area contributed by atoms with Crippen molar-refractivity contribution in [1.82, 2.24) is 9.44 Å². The Balaban J connectivity index is 0. The van der Waals surface area contributed by atoms with E-state index >= 15 is 0 Å². The molecule has 0 unspecified atom stereocenters. The molecular formula is C7H20ClN3O2S. The molecule has 14 heavy (non-hydrogen) atoms. The highest BCUT2D eigenvalue weighted by molar-refractivity contribution is 7.87. The molecule has 0 heterocycles. The van der Waals surface area contributed by atoms with Crippen molar-refractivity contribution in [3.05, 3.63) is 0 Å². The summed E-state index contributed by atoms with van der Waals surface area (Å²) in [5.41, 5.74) is 4.78. The number of halogens is 1. The van der Waals surface area contributed by atoms with Crippen LogP contribution in [-0.4, -0.2) is 26.5 Å². The van der Waals surface area contributed by atoms with Gasteiger partial charge < -0.3 is 5.73 Å². The number of hydrogen-bond donors (Lipinski definition) is 3. The van der Waals surface area contributed by atoms with E-state index in [1.165, 1.54) is 0 Å². The molecule has 5 nitrogen and oxygen atoms in total. The van der Waals surface area contributed by atoms with Crippen LogP contribution in [0.2, 0.25) is 0 Å². The molecule has 0 aliphatic heterocycles. The Morgan fingerprint density at radius 1 is 1.36 bits per heavy atom. The zero-order valence-corrected chi connectivity index (χ0v) is 10.6. The van der Waals surface area contributed by atoms with Gasteiger partial charge in [-0.3, -0.25) is 0 Å². The zero-order valence-electron chi connectivity index (χ0n) is 8.99. The molecule has 0 aromatic heterocycles. The third-order valence-electron chi connectivity index (χ3n) is 1.31. The summed E-state index contributed by atoms with van der Waals surface area (Å²) in [5.74, 6) is 0. The second-order valence-corrected chi connectivity index (χ2v) is 5.41. The molecule has 0 aliphatic rings. The summed E-state index contributed by atoms with van der Waals surface area (Å²) in [6.07, 6.45) is 0. The average Bonchev–Trinajstić information content (AvgIpc) is 1.81. The van der Waals surface area contributed by atoms with Crippen LogP contribution in [0.1, 0.15) is 27.7 Å². The second kappa shape index (κ2) is 5.87. The van der Waals surface area contributed by atoms with Gasteiger partial charge >= 0.3 is 0 Å². The molecule has 0 aliphatic carbocycles. The SMILES string of the molecule is CC(C)NS(=O)(=O)NC(C)(C)CN.Cl. The Hall–Kier alpha value is 0.120. The fraction of sp³-hybridized carbons (Fsp3) is 1.00. The van der Waals surface area contributed by atoms with Crippen LogP contribution in [0.4, 0.5) is 0 Å². The lowest BCUT2D eigenvalue weighted by atomic mass is 10.1. The molecule has 0 saturated carbocycles. The minimum atomic E-state index is -3.43. The summed E-state index contributed by atoms with van der Waals surface area (Å²) in [5, 5.41) is 0. The van der Waals surface area contributed by atoms with Crippen molar-refractivity contribution in [3.8, 4) is 0 Å². The van der Waals surface area contributed by atoms with E-state index in [9.17, 15) is 8.42 Å². The van der Waals surface area contributed by atoms with Crippen molar-refractivity contribution < 1.29 is 8.42 Å². The summed E-state index contributed by atoms with van der Waals surface area (Å²) in [6.45, 7) is 7.23. The first-order valence-corrected chi connectivity index (χ1v) is 5.68. The highest BCUT2D eigenvalue weighted by Crippen LogP contribution is 2.00. The van der Waals surface area contributed by atoms with E-state index in [0.29, 0.717) is 0 Å². The number of hydrogen-bond acceptors (Lipinski definition) is 3. The zero-order chi connectivity index (χ0) is 10.7. The van der Waals surface area contributed by atoms with Crippen LogP contribution in [-0.2, 0) is 10.2 Å². The molecular weight excluding hydrogens is 226 g/mol. The first-order valence-electron chi connectivity index (χ1n) is 4.20. The molecule has 0 bridgehead atoms. The fourth-order valence-electron chi connectivity index (χ4n) is 0.745. The molecule has 0 aromatic carbocycles. The normalized spacial score (nSPS) is 12.7. The number of nitrogens with two attached hydrogens (primary N) is 1. The standard InChI is InChI=1S/C7H19N3O2S.ClH/c1-6(2)9-13(11,12)10-7(3,4)5-8;/h6,9-10H,5,8H2,1-4H3;1H. The Morgan fingerprint density at radius 3 is 2.07 bits per heavy atom. The van der Waals surface area contributed by atoms with Gasteiger partial charge in [0.15, 0.2) is 0 Å². The van der Waals surface area contributed by atoms with Crippen LogP contribution < -0.4 is 15.2 Å². The Kier molecular flexibility index (Phi) is 6.94.